The van der Waals surface area contributed by atoms with Crippen molar-refractivity contribution < 1.29 is 19.1 Å². The topological polar surface area (TPSA) is 64.6 Å². The lowest BCUT2D eigenvalue weighted by Gasteiger charge is -2.59. The van der Waals surface area contributed by atoms with Gasteiger partial charge in [-0.2, -0.15) is 0 Å². The van der Waals surface area contributed by atoms with Crippen LogP contribution in [-0.2, 0) is 9.53 Å². The van der Waals surface area contributed by atoms with Crippen molar-refractivity contribution in [1.82, 2.24) is 5.32 Å². The molecule has 5 nitrogen and oxygen atoms in total. The first kappa shape index (κ1) is 19.3. The van der Waals surface area contributed by atoms with Crippen molar-refractivity contribution >= 4 is 11.9 Å². The summed E-state index contributed by atoms with van der Waals surface area (Å²) < 4.78 is 10.7. The highest BCUT2D eigenvalue weighted by atomic mass is 16.5. The van der Waals surface area contributed by atoms with Crippen LogP contribution in [0.1, 0.15) is 62.7 Å². The molecule has 4 bridgehead atoms. The van der Waals surface area contributed by atoms with E-state index in [0.29, 0.717) is 17.9 Å². The van der Waals surface area contributed by atoms with Crippen LogP contribution in [0.5, 0.6) is 5.75 Å². The molecule has 1 aromatic carbocycles. The largest absolute Gasteiger partial charge is 0.483 e. The van der Waals surface area contributed by atoms with E-state index < -0.39 is 5.97 Å². The molecule has 4 saturated carbocycles. The lowest BCUT2D eigenvalue weighted by atomic mass is 9.48. The first-order chi connectivity index (χ1) is 13.5. The zero-order valence-electron chi connectivity index (χ0n) is 16.9. The van der Waals surface area contributed by atoms with Gasteiger partial charge in [0.2, 0.25) is 0 Å². The third kappa shape index (κ3) is 3.76. The number of rotatable bonds is 7. The van der Waals surface area contributed by atoms with Gasteiger partial charge in [0.1, 0.15) is 11.3 Å². The monoisotopic (exact) mass is 385 g/mol. The van der Waals surface area contributed by atoms with Crippen LogP contribution in [0.2, 0.25) is 0 Å². The fourth-order valence-corrected chi connectivity index (χ4v) is 6.26. The average Bonchev–Trinajstić information content (AvgIpc) is 2.65. The smallest absolute Gasteiger partial charge is 0.341 e. The molecule has 4 fully saturated rings. The van der Waals surface area contributed by atoms with E-state index >= 15 is 0 Å². The van der Waals surface area contributed by atoms with E-state index in [2.05, 4.69) is 12.2 Å². The summed E-state index contributed by atoms with van der Waals surface area (Å²) in [6.07, 6.45) is 7.96. The second kappa shape index (κ2) is 7.76. The third-order valence-corrected chi connectivity index (χ3v) is 7.12. The van der Waals surface area contributed by atoms with E-state index in [9.17, 15) is 9.59 Å². The first-order valence-corrected chi connectivity index (χ1v) is 10.7. The summed E-state index contributed by atoms with van der Waals surface area (Å²) in [4.78, 5) is 24.6. The Kier molecular flexibility index (Phi) is 5.35. The second-order valence-corrected chi connectivity index (χ2v) is 9.07. The minimum absolute atomic E-state index is 0.0902. The molecule has 5 rings (SSSR count). The predicted octanol–water partition coefficient (Wildman–Crippen LogP) is 3.96. The molecule has 1 N–H and O–H groups in total. The maximum absolute atomic E-state index is 12.6. The minimum atomic E-state index is -0.430. The zero-order valence-corrected chi connectivity index (χ0v) is 16.9. The van der Waals surface area contributed by atoms with Crippen LogP contribution in [0.3, 0.4) is 0 Å². The molecular formula is C23H31NO4. The van der Waals surface area contributed by atoms with E-state index in [1.807, 2.05) is 0 Å². The SMILES string of the molecule is CCOC(=O)c1ccccc1OCC(=O)N[C@@H](C)C12CC3CC(CC(C3)C1)C2. The van der Waals surface area contributed by atoms with Gasteiger partial charge in [0, 0.05) is 6.04 Å². The van der Waals surface area contributed by atoms with Gasteiger partial charge in [-0.3, -0.25) is 4.79 Å². The summed E-state index contributed by atoms with van der Waals surface area (Å²) >= 11 is 0. The highest BCUT2D eigenvalue weighted by Gasteiger charge is 2.53. The fourth-order valence-electron chi connectivity index (χ4n) is 6.26. The van der Waals surface area contributed by atoms with Gasteiger partial charge in [-0.25, -0.2) is 4.79 Å². The molecule has 0 spiro atoms. The van der Waals surface area contributed by atoms with Crippen molar-refractivity contribution in [1.29, 1.82) is 0 Å². The molecule has 4 aliphatic carbocycles. The van der Waals surface area contributed by atoms with Gasteiger partial charge in [-0.1, -0.05) is 12.1 Å². The number of carbonyl (C=O) groups is 2. The Balaban J connectivity index is 1.35. The lowest BCUT2D eigenvalue weighted by molar-refractivity contribution is -0.127. The summed E-state index contributed by atoms with van der Waals surface area (Å²) in [7, 11) is 0. The van der Waals surface area contributed by atoms with Gasteiger partial charge in [0.15, 0.2) is 6.61 Å². The van der Waals surface area contributed by atoms with Crippen LogP contribution < -0.4 is 10.1 Å². The number of amides is 1. The normalized spacial score (nSPS) is 31.3. The predicted molar refractivity (Wildman–Crippen MR) is 106 cm³/mol. The van der Waals surface area contributed by atoms with Gasteiger partial charge >= 0.3 is 5.97 Å². The van der Waals surface area contributed by atoms with E-state index in [-0.39, 0.29) is 24.0 Å². The molecule has 1 atom stereocenters. The molecule has 0 saturated heterocycles. The Morgan fingerprint density at radius 3 is 2.32 bits per heavy atom. The number of benzene rings is 1. The third-order valence-electron chi connectivity index (χ3n) is 7.12. The first-order valence-electron chi connectivity index (χ1n) is 10.7. The quantitative estimate of drug-likeness (QED) is 0.722. The van der Waals surface area contributed by atoms with Gasteiger partial charge in [0.25, 0.3) is 5.91 Å². The molecule has 152 valence electrons. The number of ether oxygens (including phenoxy) is 2. The van der Waals surface area contributed by atoms with Gasteiger partial charge in [-0.05, 0) is 87.7 Å². The molecule has 0 unspecified atom stereocenters. The Labute approximate surface area is 167 Å². The minimum Gasteiger partial charge on any atom is -0.483 e. The number of para-hydroxylation sites is 1. The highest BCUT2D eigenvalue weighted by molar-refractivity contribution is 5.92. The Morgan fingerprint density at radius 2 is 1.71 bits per heavy atom. The molecule has 1 amide bonds. The Bertz CT molecular complexity index is 709. The van der Waals surface area contributed by atoms with E-state index in [0.717, 1.165) is 17.8 Å². The maximum atomic E-state index is 12.6. The maximum Gasteiger partial charge on any atom is 0.341 e. The van der Waals surface area contributed by atoms with Gasteiger partial charge < -0.3 is 14.8 Å². The molecule has 0 heterocycles. The van der Waals surface area contributed by atoms with Crippen LogP contribution in [0.4, 0.5) is 0 Å². The average molecular weight is 386 g/mol. The van der Waals surface area contributed by atoms with Crippen molar-refractivity contribution in [2.45, 2.75) is 58.4 Å². The van der Waals surface area contributed by atoms with Gasteiger partial charge in [0.05, 0.1) is 6.61 Å². The Hall–Kier alpha value is -2.04. The molecule has 4 aliphatic rings. The van der Waals surface area contributed by atoms with Crippen molar-refractivity contribution in [3.63, 3.8) is 0 Å². The summed E-state index contributed by atoms with van der Waals surface area (Å²) in [5.41, 5.74) is 0.624. The van der Waals surface area contributed by atoms with Crippen molar-refractivity contribution in [3.8, 4) is 5.75 Å². The lowest BCUT2D eigenvalue weighted by Crippen LogP contribution is -2.56. The number of carbonyl (C=O) groups excluding carboxylic acids is 2. The molecule has 0 aromatic heterocycles. The summed E-state index contributed by atoms with van der Waals surface area (Å²) in [5.74, 6) is 2.41. The standard InChI is InChI=1S/C23H31NO4/c1-3-27-22(26)19-6-4-5-7-20(19)28-14-21(25)24-15(2)23-11-16-8-17(12-23)10-18(9-16)13-23/h4-7,15-18H,3,8-14H2,1-2H3,(H,24,25)/t15-,16?,17?,18?,23?/m0/s1. The molecule has 0 radical (unpaired) electrons. The van der Waals surface area contributed by atoms with Gasteiger partial charge in [-0.15, -0.1) is 0 Å². The fraction of sp³-hybridized carbons (Fsp3) is 0.652. The summed E-state index contributed by atoms with van der Waals surface area (Å²) in [6, 6.07) is 7.06. The highest BCUT2D eigenvalue weighted by Crippen LogP contribution is 2.61. The number of hydrogen-bond acceptors (Lipinski definition) is 4. The van der Waals surface area contributed by atoms with Crippen LogP contribution in [0, 0.1) is 23.2 Å². The van der Waals surface area contributed by atoms with Crippen molar-refractivity contribution in [2.75, 3.05) is 13.2 Å². The Morgan fingerprint density at radius 1 is 1.11 bits per heavy atom. The zero-order chi connectivity index (χ0) is 19.7. The number of nitrogens with one attached hydrogen (secondary N) is 1. The van der Waals surface area contributed by atoms with Crippen molar-refractivity contribution in [3.05, 3.63) is 29.8 Å². The number of hydrogen-bond donors (Lipinski definition) is 1. The van der Waals surface area contributed by atoms with Crippen LogP contribution in [0.25, 0.3) is 0 Å². The van der Waals surface area contributed by atoms with Crippen molar-refractivity contribution in [2.24, 2.45) is 23.2 Å². The summed E-state index contributed by atoms with van der Waals surface area (Å²) in [6.45, 7) is 4.14. The van der Waals surface area contributed by atoms with E-state index in [4.69, 9.17) is 9.47 Å². The molecule has 0 aliphatic heterocycles. The van der Waals surface area contributed by atoms with E-state index in [1.54, 1.807) is 31.2 Å². The summed E-state index contributed by atoms with van der Waals surface area (Å²) in [5, 5.41) is 3.20. The molecule has 1 aromatic rings. The molecule has 28 heavy (non-hydrogen) atoms. The van der Waals surface area contributed by atoms with Crippen LogP contribution in [-0.4, -0.2) is 31.1 Å². The van der Waals surface area contributed by atoms with Crippen LogP contribution in [0.15, 0.2) is 24.3 Å². The van der Waals surface area contributed by atoms with Crippen LogP contribution >= 0.6 is 0 Å². The second-order valence-electron chi connectivity index (χ2n) is 9.07. The number of esters is 1. The van der Waals surface area contributed by atoms with E-state index in [1.165, 1.54) is 38.5 Å². The molecular weight excluding hydrogens is 354 g/mol. The molecule has 5 heteroatoms.